The molecule has 11 heteroatoms. The molecule has 0 atom stereocenters. The summed E-state index contributed by atoms with van der Waals surface area (Å²) < 4.78 is 64.4. The van der Waals surface area contributed by atoms with Gasteiger partial charge in [0, 0.05) is 19.0 Å². The van der Waals surface area contributed by atoms with E-state index < -0.39 is 51.0 Å². The highest BCUT2D eigenvalue weighted by atomic mass is 32.2. The number of benzene rings is 1. The second-order valence-electron chi connectivity index (χ2n) is 5.82. The summed E-state index contributed by atoms with van der Waals surface area (Å²) in [7, 11) is -4.11. The lowest BCUT2D eigenvalue weighted by Gasteiger charge is -2.30. The van der Waals surface area contributed by atoms with Crippen LogP contribution >= 0.6 is 0 Å². The summed E-state index contributed by atoms with van der Waals surface area (Å²) in [6.07, 6.45) is -4.34. The highest BCUT2D eigenvalue weighted by molar-refractivity contribution is 7.89. The van der Waals surface area contributed by atoms with E-state index in [1.54, 1.807) is 0 Å². The number of carboxylic acids is 1. The Kier molecular flexibility index (Phi) is 5.91. The lowest BCUT2D eigenvalue weighted by molar-refractivity contribution is -0.139. The van der Waals surface area contributed by atoms with Crippen molar-refractivity contribution in [2.75, 3.05) is 19.6 Å². The standard InChI is InChI=1S/C15H17F3N2O5S/c16-15(17,18)11-2-1-3-12(8-11)26(24,25)20-6-4-10(5-7-20)14(23)19-9-13(21)22/h1-3,8,10H,4-7,9H2,(H,19,23)(H,21,22). The summed E-state index contributed by atoms with van der Waals surface area (Å²) >= 11 is 0. The van der Waals surface area contributed by atoms with E-state index in [9.17, 15) is 31.2 Å². The third kappa shape index (κ3) is 4.73. The third-order valence-electron chi connectivity index (χ3n) is 4.04. The Bertz CT molecular complexity index is 787. The smallest absolute Gasteiger partial charge is 0.416 e. The van der Waals surface area contributed by atoms with Crippen LogP contribution in [0.4, 0.5) is 13.2 Å². The fourth-order valence-electron chi connectivity index (χ4n) is 2.65. The molecule has 1 fully saturated rings. The number of rotatable bonds is 5. The molecular formula is C15H17F3N2O5S. The average Bonchev–Trinajstić information content (AvgIpc) is 2.59. The Balaban J connectivity index is 2.06. The van der Waals surface area contributed by atoms with Crippen LogP contribution in [0.5, 0.6) is 0 Å². The van der Waals surface area contributed by atoms with Crippen molar-refractivity contribution in [1.29, 1.82) is 0 Å². The molecule has 1 amide bonds. The van der Waals surface area contributed by atoms with Crippen molar-refractivity contribution in [3.63, 3.8) is 0 Å². The quantitative estimate of drug-likeness (QED) is 0.784. The van der Waals surface area contributed by atoms with Crippen molar-refractivity contribution in [2.24, 2.45) is 5.92 Å². The second kappa shape index (κ2) is 7.62. The monoisotopic (exact) mass is 394 g/mol. The minimum absolute atomic E-state index is 0.0380. The average molecular weight is 394 g/mol. The lowest BCUT2D eigenvalue weighted by atomic mass is 9.97. The zero-order chi connectivity index (χ0) is 19.5. The number of carbonyl (C=O) groups excluding carboxylic acids is 1. The van der Waals surface area contributed by atoms with Gasteiger partial charge in [0.2, 0.25) is 15.9 Å². The van der Waals surface area contributed by atoms with Gasteiger partial charge >= 0.3 is 12.1 Å². The summed E-state index contributed by atoms with van der Waals surface area (Å²) in [5.41, 5.74) is -1.05. The minimum Gasteiger partial charge on any atom is -0.480 e. The number of carbonyl (C=O) groups is 2. The van der Waals surface area contributed by atoms with E-state index in [0.717, 1.165) is 22.5 Å². The Hall–Kier alpha value is -2.14. The van der Waals surface area contributed by atoms with Crippen LogP contribution in [0.15, 0.2) is 29.2 Å². The first kappa shape index (κ1) is 20.2. The van der Waals surface area contributed by atoms with Gasteiger partial charge in [0.05, 0.1) is 10.5 Å². The zero-order valence-electron chi connectivity index (χ0n) is 13.5. The lowest BCUT2D eigenvalue weighted by Crippen LogP contribution is -2.43. The van der Waals surface area contributed by atoms with Crippen molar-refractivity contribution in [2.45, 2.75) is 23.9 Å². The number of hydrogen-bond acceptors (Lipinski definition) is 4. The predicted octanol–water partition coefficient (Wildman–Crippen LogP) is 1.31. The first-order valence-electron chi connectivity index (χ1n) is 7.68. The number of carboxylic acid groups (broad SMARTS) is 1. The molecule has 0 spiro atoms. The summed E-state index contributed by atoms with van der Waals surface area (Å²) in [5.74, 6) is -2.21. The Morgan fingerprint density at radius 3 is 2.38 bits per heavy atom. The molecule has 2 N–H and O–H groups in total. The molecule has 2 rings (SSSR count). The van der Waals surface area contributed by atoms with E-state index in [-0.39, 0.29) is 25.9 Å². The van der Waals surface area contributed by atoms with Gasteiger partial charge < -0.3 is 10.4 Å². The summed E-state index contributed by atoms with van der Waals surface area (Å²) in [5, 5.41) is 10.8. The van der Waals surface area contributed by atoms with Crippen molar-refractivity contribution >= 4 is 21.9 Å². The second-order valence-corrected chi connectivity index (χ2v) is 7.75. The molecule has 0 aromatic heterocycles. The minimum atomic E-state index is -4.65. The molecule has 144 valence electrons. The molecule has 0 aliphatic carbocycles. The number of sulfonamides is 1. The van der Waals surface area contributed by atoms with E-state index in [2.05, 4.69) is 5.32 Å². The van der Waals surface area contributed by atoms with Gasteiger partial charge in [-0.2, -0.15) is 17.5 Å². The van der Waals surface area contributed by atoms with Gasteiger partial charge in [-0.15, -0.1) is 0 Å². The fraction of sp³-hybridized carbons (Fsp3) is 0.467. The number of alkyl halides is 3. The molecule has 1 aliphatic heterocycles. The van der Waals surface area contributed by atoms with Crippen LogP contribution in [0.1, 0.15) is 18.4 Å². The molecular weight excluding hydrogens is 377 g/mol. The van der Waals surface area contributed by atoms with E-state index in [1.165, 1.54) is 0 Å². The fourth-order valence-corrected chi connectivity index (χ4v) is 4.16. The molecule has 1 aromatic rings. The molecule has 26 heavy (non-hydrogen) atoms. The summed E-state index contributed by atoms with van der Waals surface area (Å²) in [6.45, 7) is -0.602. The number of piperidine rings is 1. The molecule has 1 aliphatic rings. The molecule has 0 bridgehead atoms. The van der Waals surface area contributed by atoms with Gasteiger partial charge in [0.15, 0.2) is 0 Å². The van der Waals surface area contributed by atoms with Crippen LogP contribution in [0, 0.1) is 5.92 Å². The van der Waals surface area contributed by atoms with Gasteiger partial charge in [-0.05, 0) is 31.0 Å². The van der Waals surface area contributed by atoms with Crippen molar-refractivity contribution < 1.29 is 36.3 Å². The van der Waals surface area contributed by atoms with Crippen molar-refractivity contribution in [1.82, 2.24) is 9.62 Å². The van der Waals surface area contributed by atoms with E-state index >= 15 is 0 Å². The molecule has 0 radical (unpaired) electrons. The van der Waals surface area contributed by atoms with Crippen LogP contribution < -0.4 is 5.32 Å². The Labute approximate surface area is 147 Å². The van der Waals surface area contributed by atoms with Crippen LogP contribution in [0.3, 0.4) is 0 Å². The number of amides is 1. The van der Waals surface area contributed by atoms with Crippen LogP contribution in [0.25, 0.3) is 0 Å². The van der Waals surface area contributed by atoms with E-state index in [1.807, 2.05) is 0 Å². The number of nitrogens with zero attached hydrogens (tertiary/aromatic N) is 1. The topological polar surface area (TPSA) is 104 Å². The first-order chi connectivity index (χ1) is 12.0. The number of hydrogen-bond donors (Lipinski definition) is 2. The number of nitrogens with one attached hydrogen (secondary N) is 1. The normalized spacial score (nSPS) is 17.0. The maximum atomic E-state index is 12.8. The van der Waals surface area contributed by atoms with Crippen LogP contribution in [-0.4, -0.2) is 49.3 Å². The first-order valence-corrected chi connectivity index (χ1v) is 9.12. The molecule has 1 saturated heterocycles. The Morgan fingerprint density at radius 2 is 1.85 bits per heavy atom. The molecule has 1 aromatic carbocycles. The molecule has 1 heterocycles. The molecule has 0 unspecified atom stereocenters. The largest absolute Gasteiger partial charge is 0.480 e. The van der Waals surface area contributed by atoms with Crippen LogP contribution in [-0.2, 0) is 25.8 Å². The van der Waals surface area contributed by atoms with Gasteiger partial charge in [-0.25, -0.2) is 8.42 Å². The number of aliphatic carboxylic acids is 1. The highest BCUT2D eigenvalue weighted by Crippen LogP contribution is 2.32. The number of halogens is 3. The Morgan fingerprint density at radius 1 is 1.23 bits per heavy atom. The van der Waals surface area contributed by atoms with Crippen LogP contribution in [0.2, 0.25) is 0 Å². The van der Waals surface area contributed by atoms with E-state index in [4.69, 9.17) is 5.11 Å². The summed E-state index contributed by atoms with van der Waals surface area (Å²) in [6, 6.07) is 3.50. The zero-order valence-corrected chi connectivity index (χ0v) is 14.3. The molecule has 7 nitrogen and oxygen atoms in total. The van der Waals surface area contributed by atoms with Crippen molar-refractivity contribution in [3.8, 4) is 0 Å². The van der Waals surface area contributed by atoms with E-state index in [0.29, 0.717) is 6.07 Å². The third-order valence-corrected chi connectivity index (χ3v) is 5.93. The van der Waals surface area contributed by atoms with Gasteiger partial charge in [0.25, 0.3) is 0 Å². The SMILES string of the molecule is O=C(O)CNC(=O)C1CCN(S(=O)(=O)c2cccc(C(F)(F)F)c2)CC1. The molecule has 0 saturated carbocycles. The van der Waals surface area contributed by atoms with Gasteiger partial charge in [-0.1, -0.05) is 6.07 Å². The van der Waals surface area contributed by atoms with Gasteiger partial charge in [0.1, 0.15) is 6.54 Å². The van der Waals surface area contributed by atoms with Crippen molar-refractivity contribution in [3.05, 3.63) is 29.8 Å². The maximum absolute atomic E-state index is 12.8. The predicted molar refractivity (Wildman–Crippen MR) is 83.6 cm³/mol. The van der Waals surface area contributed by atoms with Gasteiger partial charge in [-0.3, -0.25) is 9.59 Å². The maximum Gasteiger partial charge on any atom is 0.416 e. The summed E-state index contributed by atoms with van der Waals surface area (Å²) in [4.78, 5) is 21.8. The highest BCUT2D eigenvalue weighted by Gasteiger charge is 2.35.